The molecule has 6 nitrogen and oxygen atoms in total. The predicted octanol–water partition coefficient (Wildman–Crippen LogP) is 3.35. The van der Waals surface area contributed by atoms with E-state index < -0.39 is 11.6 Å². The third kappa shape index (κ3) is 3.27. The van der Waals surface area contributed by atoms with Gasteiger partial charge in [-0.2, -0.15) is 0 Å². The Morgan fingerprint density at radius 1 is 1.03 bits per heavy atom. The quantitative estimate of drug-likeness (QED) is 0.709. The third-order valence-electron chi connectivity index (χ3n) is 8.89. The number of hydrogen-bond donors (Lipinski definition) is 2. The average molecular weight is 402 g/mol. The molecule has 6 aliphatic rings. The Hall–Kier alpha value is -1.59. The first kappa shape index (κ1) is 19.4. The van der Waals surface area contributed by atoms with Gasteiger partial charge in [-0.3, -0.25) is 14.5 Å². The third-order valence-corrected chi connectivity index (χ3v) is 8.89. The molecule has 5 aliphatic carbocycles. The second-order valence-corrected chi connectivity index (χ2v) is 10.9. The molecule has 1 atom stereocenters. The summed E-state index contributed by atoms with van der Waals surface area (Å²) in [5.74, 6) is 2.12. The van der Waals surface area contributed by atoms with Crippen LogP contribution in [0.2, 0.25) is 0 Å². The maximum atomic E-state index is 13.1. The minimum absolute atomic E-state index is 0.107. The van der Waals surface area contributed by atoms with Gasteiger partial charge in [0.2, 0.25) is 5.91 Å². The van der Waals surface area contributed by atoms with Crippen molar-refractivity contribution in [2.24, 2.45) is 23.2 Å². The molecule has 1 saturated heterocycles. The summed E-state index contributed by atoms with van der Waals surface area (Å²) >= 11 is 0. The van der Waals surface area contributed by atoms with Crippen molar-refractivity contribution in [2.75, 3.05) is 6.54 Å². The van der Waals surface area contributed by atoms with Gasteiger partial charge in [0, 0.05) is 6.04 Å². The molecule has 0 aromatic heterocycles. The van der Waals surface area contributed by atoms with Crippen molar-refractivity contribution in [1.82, 2.24) is 15.5 Å². The maximum absolute atomic E-state index is 13.1. The molecule has 6 heteroatoms. The van der Waals surface area contributed by atoms with E-state index in [1.807, 2.05) is 0 Å². The zero-order valence-electron chi connectivity index (χ0n) is 17.7. The van der Waals surface area contributed by atoms with E-state index in [9.17, 15) is 14.4 Å². The van der Waals surface area contributed by atoms with Gasteiger partial charge in [-0.05, 0) is 81.5 Å². The number of amides is 4. The molecule has 6 fully saturated rings. The number of nitrogens with zero attached hydrogens (tertiary/aromatic N) is 1. The van der Waals surface area contributed by atoms with E-state index in [1.165, 1.54) is 38.5 Å². The Morgan fingerprint density at radius 3 is 2.14 bits per heavy atom. The van der Waals surface area contributed by atoms with Gasteiger partial charge in [-0.25, -0.2) is 4.79 Å². The summed E-state index contributed by atoms with van der Waals surface area (Å²) < 4.78 is 0. The molecule has 5 saturated carbocycles. The molecular formula is C23H35N3O3. The van der Waals surface area contributed by atoms with Gasteiger partial charge in [0.1, 0.15) is 12.1 Å². The Kier molecular flexibility index (Phi) is 4.67. The normalized spacial score (nSPS) is 38.8. The molecule has 6 rings (SSSR count). The lowest BCUT2D eigenvalue weighted by atomic mass is 9.48. The molecule has 2 N–H and O–H groups in total. The lowest BCUT2D eigenvalue weighted by Crippen LogP contribution is -2.57. The van der Waals surface area contributed by atoms with Crippen molar-refractivity contribution in [2.45, 2.75) is 95.6 Å². The van der Waals surface area contributed by atoms with E-state index in [0.29, 0.717) is 12.8 Å². The summed E-state index contributed by atoms with van der Waals surface area (Å²) in [6.45, 7) is 1.99. The SMILES string of the molecule is C[C@@H](NC(=O)CN1C(=O)NC2(CCCCCC2)C1=O)C12CC3CC(CC(C3)C1)C2. The molecule has 1 aliphatic heterocycles. The lowest BCUT2D eigenvalue weighted by Gasteiger charge is -2.59. The monoisotopic (exact) mass is 401 g/mol. The largest absolute Gasteiger partial charge is 0.352 e. The molecule has 0 radical (unpaired) electrons. The highest BCUT2D eigenvalue weighted by Gasteiger charge is 2.54. The van der Waals surface area contributed by atoms with E-state index in [4.69, 9.17) is 0 Å². The van der Waals surface area contributed by atoms with Crippen molar-refractivity contribution in [3.63, 3.8) is 0 Å². The van der Waals surface area contributed by atoms with Crippen LogP contribution < -0.4 is 10.6 Å². The number of imide groups is 1. The molecule has 4 amide bonds. The second kappa shape index (κ2) is 6.98. The van der Waals surface area contributed by atoms with Gasteiger partial charge < -0.3 is 10.6 Å². The first-order valence-electron chi connectivity index (χ1n) is 11.8. The first-order chi connectivity index (χ1) is 13.9. The van der Waals surface area contributed by atoms with Crippen LogP contribution in [0.1, 0.15) is 84.0 Å². The van der Waals surface area contributed by atoms with Gasteiger partial charge in [0.05, 0.1) is 0 Å². The zero-order chi connectivity index (χ0) is 20.2. The summed E-state index contributed by atoms with van der Waals surface area (Å²) in [4.78, 5) is 39.6. The lowest BCUT2D eigenvalue weighted by molar-refractivity contribution is -0.136. The fourth-order valence-electron chi connectivity index (χ4n) is 7.78. The summed E-state index contributed by atoms with van der Waals surface area (Å²) in [7, 11) is 0. The van der Waals surface area contributed by atoms with E-state index >= 15 is 0 Å². The fourth-order valence-corrected chi connectivity index (χ4v) is 7.78. The van der Waals surface area contributed by atoms with Gasteiger partial charge in [-0.15, -0.1) is 0 Å². The number of rotatable bonds is 4. The summed E-state index contributed by atoms with van der Waals surface area (Å²) in [5, 5.41) is 6.13. The number of carbonyl (C=O) groups excluding carboxylic acids is 3. The van der Waals surface area contributed by atoms with Gasteiger partial charge in [0.25, 0.3) is 5.91 Å². The van der Waals surface area contributed by atoms with Crippen molar-refractivity contribution in [3.8, 4) is 0 Å². The van der Waals surface area contributed by atoms with Crippen LogP contribution in [-0.4, -0.2) is 40.9 Å². The van der Waals surface area contributed by atoms with Crippen LogP contribution in [-0.2, 0) is 9.59 Å². The molecule has 0 aromatic carbocycles. The first-order valence-corrected chi connectivity index (χ1v) is 11.8. The smallest absolute Gasteiger partial charge is 0.325 e. The maximum Gasteiger partial charge on any atom is 0.325 e. The Balaban J connectivity index is 1.23. The van der Waals surface area contributed by atoms with Crippen LogP contribution in [0.4, 0.5) is 4.79 Å². The van der Waals surface area contributed by atoms with Crippen molar-refractivity contribution >= 4 is 17.8 Å². The molecule has 4 bridgehead atoms. The zero-order valence-corrected chi connectivity index (χ0v) is 17.7. The van der Waals surface area contributed by atoms with Crippen LogP contribution in [0.3, 0.4) is 0 Å². The molecular weight excluding hydrogens is 366 g/mol. The van der Waals surface area contributed by atoms with Crippen LogP contribution in [0.5, 0.6) is 0 Å². The Morgan fingerprint density at radius 2 is 1.59 bits per heavy atom. The van der Waals surface area contributed by atoms with E-state index in [-0.39, 0.29) is 29.8 Å². The molecule has 1 heterocycles. The molecule has 0 unspecified atom stereocenters. The Bertz CT molecular complexity index is 675. The number of hydrogen-bond acceptors (Lipinski definition) is 3. The average Bonchev–Trinajstić information content (AvgIpc) is 2.81. The number of carbonyl (C=O) groups is 3. The van der Waals surface area contributed by atoms with E-state index in [1.54, 1.807) is 0 Å². The second-order valence-electron chi connectivity index (χ2n) is 10.9. The van der Waals surface area contributed by atoms with Gasteiger partial charge in [0.15, 0.2) is 0 Å². The highest BCUT2D eigenvalue weighted by Crippen LogP contribution is 2.61. The number of urea groups is 1. The molecule has 1 spiro atoms. The highest BCUT2D eigenvalue weighted by atomic mass is 16.2. The van der Waals surface area contributed by atoms with Crippen molar-refractivity contribution < 1.29 is 14.4 Å². The summed E-state index contributed by atoms with van der Waals surface area (Å²) in [6, 6.07) is -0.287. The van der Waals surface area contributed by atoms with Gasteiger partial charge >= 0.3 is 6.03 Å². The van der Waals surface area contributed by atoms with Crippen LogP contribution in [0.25, 0.3) is 0 Å². The van der Waals surface area contributed by atoms with Crippen LogP contribution in [0, 0.1) is 23.2 Å². The van der Waals surface area contributed by atoms with E-state index in [0.717, 1.165) is 48.3 Å². The minimum atomic E-state index is -0.764. The summed E-state index contributed by atoms with van der Waals surface area (Å²) in [6.07, 6.45) is 13.3. The molecule has 160 valence electrons. The van der Waals surface area contributed by atoms with Gasteiger partial charge in [-0.1, -0.05) is 25.7 Å². The van der Waals surface area contributed by atoms with E-state index in [2.05, 4.69) is 17.6 Å². The predicted molar refractivity (Wildman–Crippen MR) is 109 cm³/mol. The standard InChI is InChI=1S/C23H35N3O3/c1-15(22-11-16-8-17(12-22)10-18(9-16)13-22)24-19(27)14-26-20(28)23(25-21(26)29)6-4-2-3-5-7-23/h15-18H,2-14H2,1H3,(H,24,27)(H,25,29)/t15-,16?,17?,18?,22?/m1/s1. The number of nitrogens with one attached hydrogen (secondary N) is 2. The topological polar surface area (TPSA) is 78.5 Å². The van der Waals surface area contributed by atoms with Crippen molar-refractivity contribution in [1.29, 1.82) is 0 Å². The molecule has 29 heavy (non-hydrogen) atoms. The fraction of sp³-hybridized carbons (Fsp3) is 0.870. The van der Waals surface area contributed by atoms with Crippen LogP contribution in [0.15, 0.2) is 0 Å². The molecule has 0 aromatic rings. The Labute approximate surface area is 173 Å². The highest BCUT2D eigenvalue weighted by molar-refractivity contribution is 6.09. The van der Waals surface area contributed by atoms with Crippen molar-refractivity contribution in [3.05, 3.63) is 0 Å². The minimum Gasteiger partial charge on any atom is -0.352 e. The van der Waals surface area contributed by atoms with Crippen LogP contribution >= 0.6 is 0 Å². The summed E-state index contributed by atoms with van der Waals surface area (Å²) in [5.41, 5.74) is -0.538.